The van der Waals surface area contributed by atoms with E-state index in [4.69, 9.17) is 14.2 Å². The number of hydrogen-bond donors (Lipinski definition) is 0. The highest BCUT2D eigenvalue weighted by Crippen LogP contribution is 2.24. The number of rotatable bonds is 10. The molecular formula is C24H28O4. The normalized spacial score (nSPS) is 13.0. The lowest BCUT2D eigenvalue weighted by atomic mass is 10.1. The molecule has 0 aromatic heterocycles. The monoisotopic (exact) mass is 380 g/mol. The van der Waals surface area contributed by atoms with E-state index in [-0.39, 0.29) is 0 Å². The first-order chi connectivity index (χ1) is 13.4. The molecule has 2 aromatic rings. The van der Waals surface area contributed by atoms with Crippen LogP contribution in [-0.4, -0.2) is 18.9 Å². The highest BCUT2D eigenvalue weighted by Gasteiger charge is 2.26. The molecule has 0 heterocycles. The molecule has 2 rings (SSSR count). The average Bonchev–Trinajstić information content (AvgIpc) is 2.71. The zero-order chi connectivity index (χ0) is 20.5. The molecule has 0 N–H and O–H groups in total. The van der Waals surface area contributed by atoms with Crippen molar-refractivity contribution in [3.05, 3.63) is 78.4 Å². The predicted molar refractivity (Wildman–Crippen MR) is 113 cm³/mol. The molecule has 0 fully saturated rings. The Bertz CT molecular complexity index is 775. The third kappa shape index (κ3) is 6.48. The standard InChI is InChI=1S/C24H28O4/c1-6-19-8-12-21(13-9-19)23(27-18(5)26-16-17(3)4)24(25)28-22-14-10-20(7-2)11-15-22/h6-15,17-18,23H,1-2,16H2,3-5H3. The van der Waals surface area contributed by atoms with E-state index in [9.17, 15) is 4.79 Å². The van der Waals surface area contributed by atoms with Gasteiger partial charge in [-0.3, -0.25) is 0 Å². The Morgan fingerprint density at radius 3 is 1.96 bits per heavy atom. The Morgan fingerprint density at radius 1 is 0.929 bits per heavy atom. The van der Waals surface area contributed by atoms with Crippen LogP contribution in [0.5, 0.6) is 5.75 Å². The maximum absolute atomic E-state index is 12.9. The summed E-state index contributed by atoms with van der Waals surface area (Å²) in [6, 6.07) is 14.5. The summed E-state index contributed by atoms with van der Waals surface area (Å²) in [5.74, 6) is 0.312. The van der Waals surface area contributed by atoms with Crippen molar-refractivity contribution in [2.45, 2.75) is 33.2 Å². The molecule has 0 aliphatic heterocycles. The minimum atomic E-state index is -0.903. The minimum Gasteiger partial charge on any atom is -0.424 e. The van der Waals surface area contributed by atoms with Gasteiger partial charge in [-0.25, -0.2) is 4.79 Å². The van der Waals surface area contributed by atoms with E-state index in [1.807, 2.05) is 36.4 Å². The first-order valence-electron chi connectivity index (χ1n) is 9.36. The fourth-order valence-electron chi connectivity index (χ4n) is 2.48. The zero-order valence-corrected chi connectivity index (χ0v) is 16.8. The molecule has 0 radical (unpaired) electrons. The van der Waals surface area contributed by atoms with Crippen molar-refractivity contribution >= 4 is 18.1 Å². The lowest BCUT2D eigenvalue weighted by Crippen LogP contribution is -2.27. The molecule has 2 aromatic carbocycles. The second-order valence-corrected chi connectivity index (χ2v) is 6.88. The van der Waals surface area contributed by atoms with Gasteiger partial charge in [0.15, 0.2) is 12.4 Å². The van der Waals surface area contributed by atoms with Crippen molar-refractivity contribution in [3.63, 3.8) is 0 Å². The van der Waals surface area contributed by atoms with Gasteiger partial charge in [-0.05, 0) is 41.7 Å². The summed E-state index contributed by atoms with van der Waals surface area (Å²) in [4.78, 5) is 12.9. The van der Waals surface area contributed by atoms with Gasteiger partial charge >= 0.3 is 5.97 Å². The van der Waals surface area contributed by atoms with Gasteiger partial charge in [-0.2, -0.15) is 0 Å². The summed E-state index contributed by atoms with van der Waals surface area (Å²) >= 11 is 0. The molecule has 0 spiro atoms. The van der Waals surface area contributed by atoms with Gasteiger partial charge in [-0.1, -0.05) is 75.6 Å². The number of hydrogen-bond acceptors (Lipinski definition) is 4. The Balaban J connectivity index is 2.18. The summed E-state index contributed by atoms with van der Waals surface area (Å²) in [6.07, 6.45) is 2.02. The third-order valence-corrected chi connectivity index (χ3v) is 4.02. The van der Waals surface area contributed by atoms with Crippen molar-refractivity contribution in [1.82, 2.24) is 0 Å². The lowest BCUT2D eigenvalue weighted by molar-refractivity contribution is -0.186. The van der Waals surface area contributed by atoms with Crippen molar-refractivity contribution in [1.29, 1.82) is 0 Å². The smallest absolute Gasteiger partial charge is 0.345 e. The second-order valence-electron chi connectivity index (χ2n) is 6.88. The number of carbonyl (C=O) groups is 1. The second kappa shape index (κ2) is 10.6. The van der Waals surface area contributed by atoms with Gasteiger partial charge in [0.2, 0.25) is 0 Å². The molecule has 0 aliphatic carbocycles. The average molecular weight is 380 g/mol. The number of esters is 1. The highest BCUT2D eigenvalue weighted by atomic mass is 16.7. The molecule has 2 atom stereocenters. The number of benzene rings is 2. The Hall–Kier alpha value is -2.69. The fourth-order valence-corrected chi connectivity index (χ4v) is 2.48. The van der Waals surface area contributed by atoms with Gasteiger partial charge in [0.05, 0.1) is 6.61 Å². The van der Waals surface area contributed by atoms with Crippen LogP contribution in [0, 0.1) is 5.92 Å². The molecule has 0 bridgehead atoms. The Morgan fingerprint density at radius 2 is 1.46 bits per heavy atom. The largest absolute Gasteiger partial charge is 0.424 e. The molecule has 0 saturated carbocycles. The predicted octanol–water partition coefficient (Wildman–Crippen LogP) is 5.65. The molecular weight excluding hydrogens is 352 g/mol. The molecule has 0 aliphatic rings. The van der Waals surface area contributed by atoms with Gasteiger partial charge in [-0.15, -0.1) is 0 Å². The highest BCUT2D eigenvalue weighted by molar-refractivity contribution is 5.79. The van der Waals surface area contributed by atoms with Crippen LogP contribution in [0.3, 0.4) is 0 Å². The van der Waals surface area contributed by atoms with E-state index in [2.05, 4.69) is 27.0 Å². The Kier molecular flexibility index (Phi) is 8.18. The Labute approximate surface area is 167 Å². The van der Waals surface area contributed by atoms with E-state index >= 15 is 0 Å². The van der Waals surface area contributed by atoms with Crippen LogP contribution in [-0.2, 0) is 14.3 Å². The minimum absolute atomic E-state index is 0.367. The zero-order valence-electron chi connectivity index (χ0n) is 16.8. The summed E-state index contributed by atoms with van der Waals surface area (Å²) in [7, 11) is 0. The van der Waals surface area contributed by atoms with Crippen LogP contribution in [0.1, 0.15) is 43.6 Å². The topological polar surface area (TPSA) is 44.8 Å². The van der Waals surface area contributed by atoms with Crippen LogP contribution in [0.25, 0.3) is 12.2 Å². The summed E-state index contributed by atoms with van der Waals surface area (Å²) in [5.41, 5.74) is 2.60. The lowest BCUT2D eigenvalue weighted by Gasteiger charge is -2.22. The van der Waals surface area contributed by atoms with E-state index in [1.54, 1.807) is 31.2 Å². The molecule has 0 amide bonds. The van der Waals surface area contributed by atoms with Crippen LogP contribution >= 0.6 is 0 Å². The number of ether oxygens (including phenoxy) is 3. The molecule has 4 nitrogen and oxygen atoms in total. The first kappa shape index (κ1) is 21.6. The van der Waals surface area contributed by atoms with Crippen LogP contribution in [0.15, 0.2) is 61.7 Å². The molecule has 28 heavy (non-hydrogen) atoms. The van der Waals surface area contributed by atoms with Crippen molar-refractivity contribution in [2.75, 3.05) is 6.61 Å². The summed E-state index contributed by atoms with van der Waals surface area (Å²) < 4.78 is 17.1. The van der Waals surface area contributed by atoms with Gasteiger partial charge in [0, 0.05) is 0 Å². The SMILES string of the molecule is C=Cc1ccc(OC(=O)C(OC(C)OCC(C)C)c2ccc(C=C)cc2)cc1. The van der Waals surface area contributed by atoms with Gasteiger partial charge in [0.1, 0.15) is 5.75 Å². The fraction of sp³-hybridized carbons (Fsp3) is 0.292. The maximum Gasteiger partial charge on any atom is 0.345 e. The van der Waals surface area contributed by atoms with E-state index in [0.29, 0.717) is 23.8 Å². The quantitative estimate of drug-likeness (QED) is 0.303. The summed E-state index contributed by atoms with van der Waals surface area (Å²) in [5, 5.41) is 0. The van der Waals surface area contributed by atoms with Crippen LogP contribution in [0.2, 0.25) is 0 Å². The van der Waals surface area contributed by atoms with E-state index < -0.39 is 18.4 Å². The van der Waals surface area contributed by atoms with Crippen LogP contribution in [0.4, 0.5) is 0 Å². The van der Waals surface area contributed by atoms with Crippen molar-refractivity contribution in [2.24, 2.45) is 5.92 Å². The van der Waals surface area contributed by atoms with Crippen LogP contribution < -0.4 is 4.74 Å². The molecule has 0 saturated heterocycles. The van der Waals surface area contributed by atoms with Crippen molar-refractivity contribution in [3.8, 4) is 5.75 Å². The van der Waals surface area contributed by atoms with E-state index in [1.165, 1.54) is 0 Å². The summed E-state index contributed by atoms with van der Waals surface area (Å²) in [6.45, 7) is 13.9. The van der Waals surface area contributed by atoms with Gasteiger partial charge in [0.25, 0.3) is 0 Å². The molecule has 2 unspecified atom stereocenters. The maximum atomic E-state index is 12.9. The number of carbonyl (C=O) groups excluding carboxylic acids is 1. The van der Waals surface area contributed by atoms with E-state index in [0.717, 1.165) is 11.1 Å². The molecule has 4 heteroatoms. The third-order valence-electron chi connectivity index (χ3n) is 4.02. The molecule has 148 valence electrons. The first-order valence-corrected chi connectivity index (χ1v) is 9.36. The van der Waals surface area contributed by atoms with Crippen molar-refractivity contribution < 1.29 is 19.0 Å². The van der Waals surface area contributed by atoms with Gasteiger partial charge < -0.3 is 14.2 Å².